The first-order valence-electron chi connectivity index (χ1n) is 5.07. The van der Waals surface area contributed by atoms with E-state index < -0.39 is 6.10 Å². The molecule has 0 aliphatic heterocycles. The first-order valence-corrected chi connectivity index (χ1v) is 6.90. The summed E-state index contributed by atoms with van der Waals surface area (Å²) >= 11 is 3.25. The molecule has 0 aliphatic rings. The Balaban J connectivity index is 1.76. The van der Waals surface area contributed by atoms with Crippen LogP contribution in [-0.4, -0.2) is 16.6 Å². The molecular formula is C11H14N2OS2. The van der Waals surface area contributed by atoms with Crippen molar-refractivity contribution in [1.29, 1.82) is 0 Å². The van der Waals surface area contributed by atoms with Crippen LogP contribution in [-0.2, 0) is 6.54 Å². The third-order valence-corrected chi connectivity index (χ3v) is 3.88. The summed E-state index contributed by atoms with van der Waals surface area (Å²) in [6, 6.07) is 1.95. The van der Waals surface area contributed by atoms with Crippen molar-refractivity contribution < 1.29 is 5.11 Å². The van der Waals surface area contributed by atoms with E-state index in [1.165, 1.54) is 0 Å². The largest absolute Gasteiger partial charge is 0.387 e. The predicted molar refractivity (Wildman–Crippen MR) is 67.8 cm³/mol. The summed E-state index contributed by atoms with van der Waals surface area (Å²) in [7, 11) is 0. The number of aryl methyl sites for hydroxylation is 1. The number of rotatable bonds is 5. The minimum absolute atomic E-state index is 0.424. The highest BCUT2D eigenvalue weighted by molar-refractivity contribution is 7.09. The molecule has 0 spiro atoms. The molecule has 0 saturated carbocycles. The molecule has 0 aliphatic carbocycles. The summed E-state index contributed by atoms with van der Waals surface area (Å²) in [5, 5.41) is 20.1. The number of aliphatic hydroxyl groups is 1. The Bertz CT molecular complexity index is 425. The number of nitrogens with zero attached hydrogens (tertiary/aromatic N) is 1. The highest BCUT2D eigenvalue weighted by Gasteiger charge is 2.07. The van der Waals surface area contributed by atoms with Crippen molar-refractivity contribution in [3.63, 3.8) is 0 Å². The van der Waals surface area contributed by atoms with E-state index in [0.717, 1.165) is 22.8 Å². The maximum atomic E-state index is 9.82. The van der Waals surface area contributed by atoms with Crippen LogP contribution in [0.15, 0.2) is 22.2 Å². The van der Waals surface area contributed by atoms with Gasteiger partial charge in [0.15, 0.2) is 0 Å². The zero-order valence-corrected chi connectivity index (χ0v) is 10.6. The molecule has 2 aromatic heterocycles. The Labute approximate surface area is 103 Å². The molecule has 0 amide bonds. The number of nitrogens with one attached hydrogen (secondary N) is 1. The van der Waals surface area contributed by atoms with Gasteiger partial charge in [-0.3, -0.25) is 0 Å². The van der Waals surface area contributed by atoms with E-state index in [0.29, 0.717) is 6.54 Å². The molecule has 0 fully saturated rings. The average molecular weight is 254 g/mol. The van der Waals surface area contributed by atoms with Gasteiger partial charge in [0, 0.05) is 24.2 Å². The minimum atomic E-state index is -0.424. The Morgan fingerprint density at radius 3 is 3.00 bits per heavy atom. The summed E-state index contributed by atoms with van der Waals surface area (Å²) in [5.74, 6) is 0. The second kappa shape index (κ2) is 5.54. The van der Waals surface area contributed by atoms with Crippen LogP contribution in [0.1, 0.15) is 22.4 Å². The van der Waals surface area contributed by atoms with Crippen molar-refractivity contribution in [1.82, 2.24) is 10.3 Å². The Morgan fingerprint density at radius 1 is 1.50 bits per heavy atom. The average Bonchev–Trinajstić information content (AvgIpc) is 2.89. The van der Waals surface area contributed by atoms with Crippen molar-refractivity contribution in [2.75, 3.05) is 6.54 Å². The molecule has 86 valence electrons. The van der Waals surface area contributed by atoms with Crippen molar-refractivity contribution in [3.8, 4) is 0 Å². The molecule has 0 aromatic carbocycles. The fourth-order valence-corrected chi connectivity index (χ4v) is 2.83. The molecule has 0 bridgehead atoms. The van der Waals surface area contributed by atoms with Gasteiger partial charge >= 0.3 is 0 Å². The molecule has 0 radical (unpaired) electrons. The SMILES string of the molecule is Cc1csc(CNCC(O)c2ccsc2)n1. The molecule has 16 heavy (non-hydrogen) atoms. The molecular weight excluding hydrogens is 240 g/mol. The van der Waals surface area contributed by atoms with E-state index in [1.54, 1.807) is 22.7 Å². The third kappa shape index (κ3) is 3.12. The highest BCUT2D eigenvalue weighted by Crippen LogP contribution is 2.15. The number of thiazole rings is 1. The van der Waals surface area contributed by atoms with Gasteiger partial charge in [-0.1, -0.05) is 0 Å². The van der Waals surface area contributed by atoms with Gasteiger partial charge in [0.05, 0.1) is 6.10 Å². The molecule has 2 aromatic rings. The summed E-state index contributed by atoms with van der Waals surface area (Å²) in [6.45, 7) is 3.27. The normalized spacial score (nSPS) is 12.9. The molecule has 0 saturated heterocycles. The quantitative estimate of drug-likeness (QED) is 0.861. The monoisotopic (exact) mass is 254 g/mol. The van der Waals surface area contributed by atoms with Crippen LogP contribution >= 0.6 is 22.7 Å². The minimum Gasteiger partial charge on any atom is -0.387 e. The fraction of sp³-hybridized carbons (Fsp3) is 0.364. The zero-order chi connectivity index (χ0) is 11.4. The van der Waals surface area contributed by atoms with Crippen molar-refractivity contribution in [2.45, 2.75) is 19.6 Å². The highest BCUT2D eigenvalue weighted by atomic mass is 32.1. The van der Waals surface area contributed by atoms with Gasteiger partial charge in [0.25, 0.3) is 0 Å². The molecule has 3 nitrogen and oxygen atoms in total. The van der Waals surface area contributed by atoms with E-state index in [-0.39, 0.29) is 0 Å². The molecule has 1 unspecified atom stereocenters. The summed E-state index contributed by atoms with van der Waals surface area (Å²) in [4.78, 5) is 4.35. The smallest absolute Gasteiger partial charge is 0.107 e. The van der Waals surface area contributed by atoms with Crippen LogP contribution in [0.3, 0.4) is 0 Å². The van der Waals surface area contributed by atoms with Crippen molar-refractivity contribution >= 4 is 22.7 Å². The van der Waals surface area contributed by atoms with Gasteiger partial charge in [0.1, 0.15) is 5.01 Å². The van der Waals surface area contributed by atoms with E-state index in [1.807, 2.05) is 29.1 Å². The number of aromatic nitrogens is 1. The summed E-state index contributed by atoms with van der Waals surface area (Å²) in [6.07, 6.45) is -0.424. The van der Waals surface area contributed by atoms with Crippen LogP contribution < -0.4 is 5.32 Å². The molecule has 2 rings (SSSR count). The number of hydrogen-bond donors (Lipinski definition) is 2. The molecule has 1 atom stereocenters. The van der Waals surface area contributed by atoms with E-state index in [2.05, 4.69) is 10.3 Å². The summed E-state index contributed by atoms with van der Waals surface area (Å²) < 4.78 is 0. The fourth-order valence-electron chi connectivity index (χ4n) is 1.38. The number of thiophene rings is 1. The van der Waals surface area contributed by atoms with Gasteiger partial charge in [-0.05, 0) is 29.3 Å². The maximum Gasteiger partial charge on any atom is 0.107 e. The Hall–Kier alpha value is -0.750. The van der Waals surface area contributed by atoms with E-state index >= 15 is 0 Å². The third-order valence-electron chi connectivity index (χ3n) is 2.21. The van der Waals surface area contributed by atoms with Gasteiger partial charge < -0.3 is 10.4 Å². The zero-order valence-electron chi connectivity index (χ0n) is 9.01. The lowest BCUT2D eigenvalue weighted by Crippen LogP contribution is -2.20. The Morgan fingerprint density at radius 2 is 2.38 bits per heavy atom. The first kappa shape index (κ1) is 11.7. The lowest BCUT2D eigenvalue weighted by atomic mass is 10.2. The van der Waals surface area contributed by atoms with Crippen LogP contribution in [0.4, 0.5) is 0 Å². The second-order valence-corrected chi connectivity index (χ2v) is 5.31. The van der Waals surface area contributed by atoms with Crippen LogP contribution in [0, 0.1) is 6.92 Å². The number of aliphatic hydroxyl groups excluding tert-OH is 1. The molecule has 2 N–H and O–H groups in total. The van der Waals surface area contributed by atoms with Gasteiger partial charge in [-0.15, -0.1) is 11.3 Å². The molecule has 5 heteroatoms. The Kier molecular flexibility index (Phi) is 4.06. The van der Waals surface area contributed by atoms with Gasteiger partial charge in [-0.25, -0.2) is 4.98 Å². The van der Waals surface area contributed by atoms with Crippen molar-refractivity contribution in [2.24, 2.45) is 0 Å². The lowest BCUT2D eigenvalue weighted by Gasteiger charge is -2.09. The topological polar surface area (TPSA) is 45.1 Å². The maximum absolute atomic E-state index is 9.82. The summed E-state index contributed by atoms with van der Waals surface area (Å²) in [5.41, 5.74) is 2.04. The van der Waals surface area contributed by atoms with Gasteiger partial charge in [-0.2, -0.15) is 11.3 Å². The predicted octanol–water partition coefficient (Wildman–Crippen LogP) is 2.34. The second-order valence-electron chi connectivity index (χ2n) is 3.59. The lowest BCUT2D eigenvalue weighted by molar-refractivity contribution is 0.175. The van der Waals surface area contributed by atoms with Crippen molar-refractivity contribution in [3.05, 3.63) is 38.5 Å². The standard InChI is InChI=1S/C11H14N2OS2/c1-8-6-16-11(13-8)5-12-4-10(14)9-2-3-15-7-9/h2-3,6-7,10,12,14H,4-5H2,1H3. The first-order chi connectivity index (χ1) is 7.75. The van der Waals surface area contributed by atoms with E-state index in [4.69, 9.17) is 0 Å². The van der Waals surface area contributed by atoms with Crippen LogP contribution in [0.25, 0.3) is 0 Å². The van der Waals surface area contributed by atoms with E-state index in [9.17, 15) is 5.11 Å². The molecule has 2 heterocycles. The number of hydrogen-bond acceptors (Lipinski definition) is 5. The van der Waals surface area contributed by atoms with Gasteiger partial charge in [0.2, 0.25) is 0 Å². The van der Waals surface area contributed by atoms with Crippen LogP contribution in [0.2, 0.25) is 0 Å². The van der Waals surface area contributed by atoms with Crippen LogP contribution in [0.5, 0.6) is 0 Å².